The van der Waals surface area contributed by atoms with Crippen LogP contribution in [0.25, 0.3) is 4.96 Å². The zero-order chi connectivity index (χ0) is 14.4. The number of carbonyl (C=O) groups excluding carboxylic acids is 1. The first-order chi connectivity index (χ1) is 9.50. The number of thiazole rings is 1. The molecule has 1 fully saturated rings. The number of likely N-dealkylation sites (tertiary alicyclic amines) is 1. The van der Waals surface area contributed by atoms with Crippen molar-refractivity contribution >= 4 is 28.2 Å². The van der Waals surface area contributed by atoms with Crippen LogP contribution >= 0.6 is 11.3 Å². The summed E-state index contributed by atoms with van der Waals surface area (Å²) in [4.78, 5) is 26.4. The molecular formula is C12H14N4O3S. The number of aryl methyl sites for hydroxylation is 2. The van der Waals surface area contributed by atoms with E-state index < -0.39 is 12.0 Å². The summed E-state index contributed by atoms with van der Waals surface area (Å²) in [6.45, 7) is 4.15. The smallest absolute Gasteiger partial charge is 0.326 e. The van der Waals surface area contributed by atoms with Crippen molar-refractivity contribution in [2.24, 2.45) is 0 Å². The van der Waals surface area contributed by atoms with E-state index in [1.165, 1.54) is 16.2 Å². The predicted molar refractivity (Wildman–Crippen MR) is 72.0 cm³/mol. The van der Waals surface area contributed by atoms with Gasteiger partial charge in [0.1, 0.15) is 16.7 Å². The molecule has 20 heavy (non-hydrogen) atoms. The van der Waals surface area contributed by atoms with Crippen molar-refractivity contribution in [2.45, 2.75) is 32.7 Å². The number of carbonyl (C=O) groups is 2. The van der Waals surface area contributed by atoms with Crippen molar-refractivity contribution in [1.82, 2.24) is 19.5 Å². The quantitative estimate of drug-likeness (QED) is 0.896. The summed E-state index contributed by atoms with van der Waals surface area (Å²) in [7, 11) is 0. The second-order valence-corrected chi connectivity index (χ2v) is 5.85. The number of hydrogen-bond donors (Lipinski definition) is 1. The van der Waals surface area contributed by atoms with Crippen LogP contribution in [0.2, 0.25) is 0 Å². The third kappa shape index (κ3) is 1.79. The minimum absolute atomic E-state index is 0.220. The van der Waals surface area contributed by atoms with E-state index in [2.05, 4.69) is 10.2 Å². The van der Waals surface area contributed by atoms with Crippen molar-refractivity contribution in [2.75, 3.05) is 6.54 Å². The van der Waals surface area contributed by atoms with Crippen molar-refractivity contribution < 1.29 is 14.7 Å². The van der Waals surface area contributed by atoms with Crippen molar-refractivity contribution in [3.05, 3.63) is 16.4 Å². The third-order valence-corrected chi connectivity index (χ3v) is 4.77. The molecule has 3 heterocycles. The largest absolute Gasteiger partial charge is 0.480 e. The van der Waals surface area contributed by atoms with Crippen molar-refractivity contribution in [3.8, 4) is 0 Å². The van der Waals surface area contributed by atoms with Gasteiger partial charge in [-0.3, -0.25) is 9.20 Å². The highest BCUT2D eigenvalue weighted by Gasteiger charge is 2.36. The van der Waals surface area contributed by atoms with Crippen LogP contribution in [0.15, 0.2) is 0 Å². The molecule has 0 bridgehead atoms. The molecule has 106 valence electrons. The highest BCUT2D eigenvalue weighted by molar-refractivity contribution is 7.19. The van der Waals surface area contributed by atoms with Crippen molar-refractivity contribution in [3.63, 3.8) is 0 Å². The Kier molecular flexibility index (Phi) is 2.97. The number of nitrogens with zero attached hydrogens (tertiary/aromatic N) is 4. The minimum atomic E-state index is -0.937. The van der Waals surface area contributed by atoms with E-state index in [4.69, 9.17) is 0 Å². The summed E-state index contributed by atoms with van der Waals surface area (Å²) in [5.74, 6) is -0.431. The number of aliphatic carboxylic acids is 1. The first-order valence-electron chi connectivity index (χ1n) is 6.35. The summed E-state index contributed by atoms with van der Waals surface area (Å²) < 4.78 is 1.82. The number of carboxylic acid groups (broad SMARTS) is 1. The SMILES string of the molecule is Cc1nnc2sc(C(=O)N3CCCC3C(=O)O)c(C)n12. The molecule has 7 nitrogen and oxygen atoms in total. The van der Waals surface area contributed by atoms with Crippen LogP contribution in [-0.2, 0) is 4.79 Å². The van der Waals surface area contributed by atoms with Gasteiger partial charge in [-0.15, -0.1) is 10.2 Å². The summed E-state index contributed by atoms with van der Waals surface area (Å²) >= 11 is 1.26. The molecule has 1 aliphatic heterocycles. The van der Waals surface area contributed by atoms with Gasteiger partial charge in [-0.2, -0.15) is 0 Å². The Morgan fingerprint density at radius 2 is 2.10 bits per heavy atom. The average Bonchev–Trinajstić information content (AvgIpc) is 3.07. The Labute approximate surface area is 118 Å². The lowest BCUT2D eigenvalue weighted by Crippen LogP contribution is -2.40. The van der Waals surface area contributed by atoms with Gasteiger partial charge in [-0.05, 0) is 26.7 Å². The Morgan fingerprint density at radius 1 is 1.35 bits per heavy atom. The van der Waals surface area contributed by atoms with Gasteiger partial charge in [0, 0.05) is 12.2 Å². The zero-order valence-electron chi connectivity index (χ0n) is 11.2. The van der Waals surface area contributed by atoms with Crippen LogP contribution in [0.1, 0.15) is 34.0 Å². The maximum Gasteiger partial charge on any atom is 0.326 e. The number of carboxylic acids is 1. The number of amides is 1. The molecule has 2 aromatic rings. The molecular weight excluding hydrogens is 280 g/mol. The number of hydrogen-bond acceptors (Lipinski definition) is 5. The fourth-order valence-corrected chi connectivity index (χ4v) is 3.73. The van der Waals surface area contributed by atoms with Crippen LogP contribution in [0.4, 0.5) is 0 Å². The molecule has 1 N–H and O–H groups in total. The molecule has 2 aromatic heterocycles. The maximum atomic E-state index is 12.6. The van der Waals surface area contributed by atoms with Gasteiger partial charge in [-0.25, -0.2) is 4.79 Å². The lowest BCUT2D eigenvalue weighted by molar-refractivity contribution is -0.141. The number of rotatable bonds is 2. The summed E-state index contributed by atoms with van der Waals surface area (Å²) in [5.41, 5.74) is 0.772. The average molecular weight is 294 g/mol. The molecule has 0 aliphatic carbocycles. The molecule has 0 spiro atoms. The van der Waals surface area contributed by atoms with Gasteiger partial charge in [0.05, 0.1) is 0 Å². The molecule has 0 saturated carbocycles. The minimum Gasteiger partial charge on any atom is -0.480 e. The summed E-state index contributed by atoms with van der Waals surface area (Å²) in [6, 6.07) is -0.712. The van der Waals surface area contributed by atoms with E-state index in [9.17, 15) is 14.7 Å². The van der Waals surface area contributed by atoms with Crippen LogP contribution in [-0.4, -0.2) is 49.1 Å². The van der Waals surface area contributed by atoms with E-state index in [-0.39, 0.29) is 5.91 Å². The highest BCUT2D eigenvalue weighted by atomic mass is 32.1. The zero-order valence-corrected chi connectivity index (χ0v) is 12.0. The predicted octanol–water partition coefficient (Wildman–Crippen LogP) is 1.10. The molecule has 3 rings (SSSR count). The number of fused-ring (bicyclic) bond motifs is 1. The van der Waals surface area contributed by atoms with Gasteiger partial charge in [0.15, 0.2) is 0 Å². The Balaban J connectivity index is 2.00. The Hall–Kier alpha value is -1.96. The molecule has 1 saturated heterocycles. The van der Waals surface area contributed by atoms with Gasteiger partial charge >= 0.3 is 5.97 Å². The van der Waals surface area contributed by atoms with E-state index in [0.717, 1.165) is 17.9 Å². The van der Waals surface area contributed by atoms with Crippen LogP contribution in [0.5, 0.6) is 0 Å². The second kappa shape index (κ2) is 4.55. The first-order valence-corrected chi connectivity index (χ1v) is 7.17. The summed E-state index contributed by atoms with van der Waals surface area (Å²) in [5, 5.41) is 17.1. The fraction of sp³-hybridized carbons (Fsp3) is 0.500. The Bertz CT molecular complexity index is 705. The monoisotopic (exact) mass is 294 g/mol. The second-order valence-electron chi connectivity index (χ2n) is 4.88. The van der Waals surface area contributed by atoms with Crippen LogP contribution in [0, 0.1) is 13.8 Å². The van der Waals surface area contributed by atoms with Crippen LogP contribution < -0.4 is 0 Å². The van der Waals surface area contributed by atoms with Crippen LogP contribution in [0.3, 0.4) is 0 Å². The molecule has 1 atom stereocenters. The van der Waals surface area contributed by atoms with Gasteiger partial charge in [0.25, 0.3) is 5.91 Å². The summed E-state index contributed by atoms with van der Waals surface area (Å²) in [6.07, 6.45) is 1.24. The highest BCUT2D eigenvalue weighted by Crippen LogP contribution is 2.27. The van der Waals surface area contributed by atoms with Gasteiger partial charge in [-0.1, -0.05) is 11.3 Å². The Morgan fingerprint density at radius 3 is 2.75 bits per heavy atom. The molecule has 1 unspecified atom stereocenters. The lowest BCUT2D eigenvalue weighted by Gasteiger charge is -2.20. The maximum absolute atomic E-state index is 12.6. The number of aromatic nitrogens is 3. The van der Waals surface area contributed by atoms with E-state index in [0.29, 0.717) is 22.8 Å². The first kappa shape index (κ1) is 13.0. The van der Waals surface area contributed by atoms with Gasteiger partial charge < -0.3 is 10.0 Å². The fourth-order valence-electron chi connectivity index (χ4n) is 2.66. The van der Waals surface area contributed by atoms with E-state index in [1.807, 2.05) is 18.2 Å². The topological polar surface area (TPSA) is 87.8 Å². The molecule has 1 aliphatic rings. The lowest BCUT2D eigenvalue weighted by atomic mass is 10.2. The van der Waals surface area contributed by atoms with E-state index >= 15 is 0 Å². The third-order valence-electron chi connectivity index (χ3n) is 3.65. The normalized spacial score (nSPS) is 18.9. The van der Waals surface area contributed by atoms with Gasteiger partial charge in [0.2, 0.25) is 4.96 Å². The van der Waals surface area contributed by atoms with Crippen molar-refractivity contribution in [1.29, 1.82) is 0 Å². The molecule has 0 radical (unpaired) electrons. The molecule has 0 aromatic carbocycles. The van der Waals surface area contributed by atoms with E-state index in [1.54, 1.807) is 0 Å². The molecule has 8 heteroatoms. The standard InChI is InChI=1S/C12H14N4O3S/c1-6-9(20-12-14-13-7(2)16(6)12)10(17)15-5-3-4-8(15)11(18)19/h8H,3-5H2,1-2H3,(H,18,19). The molecule has 1 amide bonds.